The summed E-state index contributed by atoms with van der Waals surface area (Å²) in [6.07, 6.45) is 2.35. The Hall–Kier alpha value is -2.08. The fourth-order valence-electron chi connectivity index (χ4n) is 1.88. The maximum Gasteiger partial charge on any atom is 0.407 e. The lowest BCUT2D eigenvalue weighted by atomic mass is 10.1. The maximum atomic E-state index is 11.5. The highest BCUT2D eigenvalue weighted by Gasteiger charge is 2.13. The molecule has 0 bridgehead atoms. The zero-order chi connectivity index (χ0) is 16.9. The molecule has 0 aliphatic heterocycles. The van der Waals surface area contributed by atoms with Crippen LogP contribution in [-0.2, 0) is 20.9 Å². The predicted octanol–water partition coefficient (Wildman–Crippen LogP) is 2.36. The van der Waals surface area contributed by atoms with E-state index in [4.69, 9.17) is 15.2 Å². The number of unbranched alkanes of at least 4 members (excludes halogenated alkanes) is 1. The number of nitrogens with one attached hydrogen (secondary N) is 1. The second-order valence-electron chi connectivity index (χ2n) is 5.26. The molecule has 1 aromatic rings. The van der Waals surface area contributed by atoms with Gasteiger partial charge in [0.1, 0.15) is 12.6 Å². The highest BCUT2D eigenvalue weighted by molar-refractivity contribution is 5.75. The first-order valence-corrected chi connectivity index (χ1v) is 8.00. The molecule has 6 heteroatoms. The van der Waals surface area contributed by atoms with Gasteiger partial charge in [-0.15, -0.1) is 0 Å². The number of hydrogen-bond acceptors (Lipinski definition) is 5. The van der Waals surface area contributed by atoms with Crippen LogP contribution < -0.4 is 11.1 Å². The number of alkyl carbamates (subject to hydrolysis) is 1. The molecular weight excluding hydrogens is 296 g/mol. The summed E-state index contributed by atoms with van der Waals surface area (Å²) in [5.41, 5.74) is 6.67. The second kappa shape index (κ2) is 11.5. The monoisotopic (exact) mass is 322 g/mol. The third-order valence-corrected chi connectivity index (χ3v) is 3.18. The van der Waals surface area contributed by atoms with Gasteiger partial charge in [-0.25, -0.2) is 4.79 Å². The lowest BCUT2D eigenvalue weighted by Gasteiger charge is -2.11. The molecule has 23 heavy (non-hydrogen) atoms. The van der Waals surface area contributed by atoms with Crippen molar-refractivity contribution in [3.8, 4) is 0 Å². The molecule has 0 aliphatic rings. The Balaban J connectivity index is 2.03. The number of amides is 1. The summed E-state index contributed by atoms with van der Waals surface area (Å²) in [4.78, 5) is 23.0. The molecule has 1 amide bonds. The average molecular weight is 322 g/mol. The SMILES string of the molecule is CCCOC(=O)[C@@H](N)CCCCNC(=O)OCc1ccccc1. The molecule has 0 saturated heterocycles. The zero-order valence-corrected chi connectivity index (χ0v) is 13.6. The molecule has 0 saturated carbocycles. The molecule has 0 unspecified atom stereocenters. The van der Waals surface area contributed by atoms with Gasteiger partial charge in [0.25, 0.3) is 0 Å². The van der Waals surface area contributed by atoms with E-state index in [1.54, 1.807) is 0 Å². The largest absolute Gasteiger partial charge is 0.465 e. The fourth-order valence-corrected chi connectivity index (χ4v) is 1.88. The van der Waals surface area contributed by atoms with Crippen LogP contribution in [0.3, 0.4) is 0 Å². The van der Waals surface area contributed by atoms with Crippen molar-refractivity contribution >= 4 is 12.1 Å². The van der Waals surface area contributed by atoms with Crippen LogP contribution in [0.25, 0.3) is 0 Å². The summed E-state index contributed by atoms with van der Waals surface area (Å²) >= 11 is 0. The van der Waals surface area contributed by atoms with Gasteiger partial charge < -0.3 is 20.5 Å². The Morgan fingerprint density at radius 2 is 1.91 bits per heavy atom. The van der Waals surface area contributed by atoms with Gasteiger partial charge in [-0.05, 0) is 31.2 Å². The van der Waals surface area contributed by atoms with Crippen molar-refractivity contribution in [3.05, 3.63) is 35.9 Å². The topological polar surface area (TPSA) is 90.6 Å². The quantitative estimate of drug-likeness (QED) is 0.510. The number of rotatable bonds is 10. The molecule has 1 aromatic carbocycles. The van der Waals surface area contributed by atoms with Crippen molar-refractivity contribution in [2.45, 2.75) is 45.3 Å². The Morgan fingerprint density at radius 1 is 1.17 bits per heavy atom. The number of esters is 1. The van der Waals surface area contributed by atoms with Gasteiger partial charge in [0, 0.05) is 6.54 Å². The van der Waals surface area contributed by atoms with Gasteiger partial charge in [-0.3, -0.25) is 4.79 Å². The smallest absolute Gasteiger partial charge is 0.407 e. The van der Waals surface area contributed by atoms with Gasteiger partial charge in [0.15, 0.2) is 0 Å². The number of ether oxygens (including phenoxy) is 2. The first-order chi connectivity index (χ1) is 11.1. The van der Waals surface area contributed by atoms with Crippen LogP contribution in [0.1, 0.15) is 38.2 Å². The molecule has 1 rings (SSSR count). The second-order valence-corrected chi connectivity index (χ2v) is 5.26. The van der Waals surface area contributed by atoms with E-state index in [2.05, 4.69) is 5.32 Å². The van der Waals surface area contributed by atoms with Crippen LogP contribution >= 0.6 is 0 Å². The third-order valence-electron chi connectivity index (χ3n) is 3.18. The van der Waals surface area contributed by atoms with Gasteiger partial charge in [-0.2, -0.15) is 0 Å². The van der Waals surface area contributed by atoms with Crippen molar-refractivity contribution in [2.75, 3.05) is 13.2 Å². The Bertz CT molecular complexity index is 465. The molecule has 0 spiro atoms. The minimum Gasteiger partial charge on any atom is -0.465 e. The van der Waals surface area contributed by atoms with Crippen molar-refractivity contribution in [1.82, 2.24) is 5.32 Å². The first-order valence-electron chi connectivity index (χ1n) is 8.00. The Kier molecular flexibility index (Phi) is 9.47. The lowest BCUT2D eigenvalue weighted by Crippen LogP contribution is -2.32. The Morgan fingerprint density at radius 3 is 2.61 bits per heavy atom. The van der Waals surface area contributed by atoms with E-state index in [9.17, 15) is 9.59 Å². The number of carbonyl (C=O) groups excluding carboxylic acids is 2. The van der Waals surface area contributed by atoms with Crippen LogP contribution in [0.5, 0.6) is 0 Å². The number of carbonyl (C=O) groups is 2. The highest BCUT2D eigenvalue weighted by atomic mass is 16.5. The minimum atomic E-state index is -0.591. The van der Waals surface area contributed by atoms with Crippen LogP contribution in [0.2, 0.25) is 0 Å². The fraction of sp³-hybridized carbons (Fsp3) is 0.529. The number of nitrogens with two attached hydrogens (primary N) is 1. The molecule has 0 heterocycles. The van der Waals surface area contributed by atoms with E-state index in [-0.39, 0.29) is 12.6 Å². The maximum absolute atomic E-state index is 11.5. The summed E-state index contributed by atoms with van der Waals surface area (Å²) in [5.74, 6) is -0.359. The van der Waals surface area contributed by atoms with E-state index < -0.39 is 12.1 Å². The van der Waals surface area contributed by atoms with E-state index >= 15 is 0 Å². The van der Waals surface area contributed by atoms with Gasteiger partial charge in [-0.1, -0.05) is 37.3 Å². The van der Waals surface area contributed by atoms with Gasteiger partial charge in [0.2, 0.25) is 0 Å². The van der Waals surface area contributed by atoms with Crippen LogP contribution in [0, 0.1) is 0 Å². The molecule has 128 valence electrons. The van der Waals surface area contributed by atoms with Gasteiger partial charge in [0.05, 0.1) is 6.61 Å². The van der Waals surface area contributed by atoms with Crippen molar-refractivity contribution in [1.29, 1.82) is 0 Å². The van der Waals surface area contributed by atoms with Crippen molar-refractivity contribution in [3.63, 3.8) is 0 Å². The third kappa shape index (κ3) is 8.83. The van der Waals surface area contributed by atoms with E-state index in [0.717, 1.165) is 24.8 Å². The molecule has 0 fully saturated rings. The van der Waals surface area contributed by atoms with Crippen molar-refractivity contribution < 1.29 is 19.1 Å². The van der Waals surface area contributed by atoms with E-state index in [0.29, 0.717) is 19.6 Å². The normalized spacial score (nSPS) is 11.6. The number of benzene rings is 1. The first kappa shape index (κ1) is 19.0. The highest BCUT2D eigenvalue weighted by Crippen LogP contribution is 2.02. The average Bonchev–Trinajstić information content (AvgIpc) is 2.58. The minimum absolute atomic E-state index is 0.251. The van der Waals surface area contributed by atoms with Crippen LogP contribution in [0.4, 0.5) is 4.79 Å². The predicted molar refractivity (Wildman–Crippen MR) is 87.7 cm³/mol. The summed E-state index contributed by atoms with van der Waals surface area (Å²) in [7, 11) is 0. The summed E-state index contributed by atoms with van der Waals surface area (Å²) in [6, 6.07) is 8.90. The molecule has 1 atom stereocenters. The van der Waals surface area contributed by atoms with E-state index in [1.165, 1.54) is 0 Å². The molecule has 6 nitrogen and oxygen atoms in total. The lowest BCUT2D eigenvalue weighted by molar-refractivity contribution is -0.145. The van der Waals surface area contributed by atoms with Crippen molar-refractivity contribution in [2.24, 2.45) is 5.73 Å². The number of hydrogen-bond donors (Lipinski definition) is 2. The summed E-state index contributed by atoms with van der Waals surface area (Å²) in [5, 5.41) is 2.67. The van der Waals surface area contributed by atoms with E-state index in [1.807, 2.05) is 37.3 Å². The van der Waals surface area contributed by atoms with Crippen LogP contribution in [-0.4, -0.2) is 31.3 Å². The summed E-state index contributed by atoms with van der Waals surface area (Å²) < 4.78 is 10.1. The standard InChI is InChI=1S/C17H26N2O4/c1-2-12-22-16(20)15(18)10-6-7-11-19-17(21)23-13-14-8-4-3-5-9-14/h3-5,8-9,15H,2,6-7,10-13,18H2,1H3,(H,19,21)/t15-/m0/s1. The Labute approximate surface area is 137 Å². The molecule has 0 aliphatic carbocycles. The molecule has 3 N–H and O–H groups in total. The zero-order valence-electron chi connectivity index (χ0n) is 13.6. The van der Waals surface area contributed by atoms with Crippen LogP contribution in [0.15, 0.2) is 30.3 Å². The molecule has 0 radical (unpaired) electrons. The van der Waals surface area contributed by atoms with Gasteiger partial charge >= 0.3 is 12.1 Å². The molecular formula is C17H26N2O4. The molecule has 0 aromatic heterocycles. The summed E-state index contributed by atoms with van der Waals surface area (Å²) in [6.45, 7) is 3.08.